The number of benzene rings is 1. The lowest BCUT2D eigenvalue weighted by atomic mass is 10.0. The zero-order valence-electron chi connectivity index (χ0n) is 17.4. The summed E-state index contributed by atoms with van der Waals surface area (Å²) in [4.78, 5) is 2.26. The maximum absolute atomic E-state index is 11.8. The summed E-state index contributed by atoms with van der Waals surface area (Å²) in [5.41, 5.74) is 4.59. The van der Waals surface area contributed by atoms with Crippen molar-refractivity contribution in [2.45, 2.75) is 45.3 Å². The molecule has 154 valence electrons. The molecule has 0 aliphatic carbocycles. The second-order valence-electron chi connectivity index (χ2n) is 8.09. The minimum absolute atomic E-state index is 0.0231. The van der Waals surface area contributed by atoms with Crippen molar-refractivity contribution in [3.8, 4) is 0 Å². The molecule has 1 aliphatic rings. The van der Waals surface area contributed by atoms with E-state index in [1.54, 1.807) is 0 Å². The van der Waals surface area contributed by atoms with Gasteiger partial charge >= 0.3 is 0 Å². The molecule has 0 spiro atoms. The highest BCUT2D eigenvalue weighted by molar-refractivity contribution is 7.91. The third kappa shape index (κ3) is 5.01. The molecule has 0 saturated carbocycles. The zero-order valence-corrected chi connectivity index (χ0v) is 18.2. The first-order valence-corrected chi connectivity index (χ1v) is 11.7. The normalized spacial score (nSPS) is 20.0. The van der Waals surface area contributed by atoms with Gasteiger partial charge in [-0.05, 0) is 46.3 Å². The van der Waals surface area contributed by atoms with E-state index in [1.165, 1.54) is 11.1 Å². The molecule has 0 radical (unpaired) electrons. The molecular weight excluding hydrogens is 372 g/mol. The molecule has 7 heteroatoms. The van der Waals surface area contributed by atoms with Gasteiger partial charge in [-0.1, -0.05) is 30.3 Å². The number of likely N-dealkylation sites (N-methyl/N-ethyl adjacent to an activating group) is 1. The van der Waals surface area contributed by atoms with Crippen molar-refractivity contribution in [3.63, 3.8) is 0 Å². The maximum Gasteiger partial charge on any atom is 0.152 e. The molecule has 2 aromatic rings. The van der Waals surface area contributed by atoms with Crippen LogP contribution in [0, 0.1) is 13.8 Å². The lowest BCUT2D eigenvalue weighted by molar-refractivity contribution is 0.281. The predicted molar refractivity (Wildman–Crippen MR) is 113 cm³/mol. The average molecular weight is 405 g/mol. The maximum atomic E-state index is 11.8. The van der Waals surface area contributed by atoms with E-state index in [9.17, 15) is 8.42 Å². The predicted octanol–water partition coefficient (Wildman–Crippen LogP) is 2.12. The number of sulfone groups is 1. The van der Waals surface area contributed by atoms with Crippen LogP contribution in [0.4, 0.5) is 0 Å². The molecule has 2 heterocycles. The molecule has 3 rings (SSSR count). The fourth-order valence-electron chi connectivity index (χ4n) is 3.96. The Balaban J connectivity index is 1.62. The Bertz CT molecular complexity index is 891. The number of nitrogens with zero attached hydrogens (tertiary/aromatic N) is 3. The van der Waals surface area contributed by atoms with Gasteiger partial charge in [0.2, 0.25) is 0 Å². The number of hydrogen-bond acceptors (Lipinski definition) is 5. The molecule has 28 heavy (non-hydrogen) atoms. The average Bonchev–Trinajstić information content (AvgIpc) is 3.14. The van der Waals surface area contributed by atoms with E-state index in [0.29, 0.717) is 12.5 Å². The lowest BCUT2D eigenvalue weighted by Gasteiger charge is -2.25. The van der Waals surface area contributed by atoms with E-state index >= 15 is 0 Å². The van der Waals surface area contributed by atoms with Crippen LogP contribution < -0.4 is 5.32 Å². The standard InChI is InChI=1S/C21H32N4O2S/c1-16-21(17(2)25(23-16)19-10-11-28(26,27)15-19)14-22-13-20(24(3)4)12-18-8-6-5-7-9-18/h5-9,19-20,22H,10-15H2,1-4H3/t19-,20-/m1/s1. The van der Waals surface area contributed by atoms with Gasteiger partial charge in [-0.2, -0.15) is 5.10 Å². The molecule has 0 amide bonds. The third-order valence-electron chi connectivity index (χ3n) is 5.76. The number of aromatic nitrogens is 2. The van der Waals surface area contributed by atoms with Crippen molar-refractivity contribution < 1.29 is 8.42 Å². The molecule has 0 unspecified atom stereocenters. The Hall–Kier alpha value is -1.70. The van der Waals surface area contributed by atoms with Gasteiger partial charge in [-0.3, -0.25) is 4.68 Å². The van der Waals surface area contributed by atoms with Crippen LogP contribution in [-0.4, -0.2) is 61.3 Å². The van der Waals surface area contributed by atoms with E-state index in [-0.39, 0.29) is 17.5 Å². The lowest BCUT2D eigenvalue weighted by Crippen LogP contribution is -2.39. The summed E-state index contributed by atoms with van der Waals surface area (Å²) in [5, 5.41) is 8.25. The highest BCUT2D eigenvalue weighted by Gasteiger charge is 2.31. The summed E-state index contributed by atoms with van der Waals surface area (Å²) in [6.45, 7) is 5.69. The minimum Gasteiger partial charge on any atom is -0.311 e. The number of nitrogens with one attached hydrogen (secondary N) is 1. The largest absolute Gasteiger partial charge is 0.311 e. The Labute approximate surface area is 168 Å². The molecule has 0 bridgehead atoms. The van der Waals surface area contributed by atoms with Crippen molar-refractivity contribution >= 4 is 9.84 Å². The van der Waals surface area contributed by atoms with Crippen molar-refractivity contribution in [1.29, 1.82) is 0 Å². The Kier molecular flexibility index (Phi) is 6.58. The van der Waals surface area contributed by atoms with Crippen LogP contribution in [0.3, 0.4) is 0 Å². The molecular formula is C21H32N4O2S. The fraction of sp³-hybridized carbons (Fsp3) is 0.571. The smallest absolute Gasteiger partial charge is 0.152 e. The van der Waals surface area contributed by atoms with Crippen molar-refractivity contribution in [2.24, 2.45) is 0 Å². The first-order valence-electron chi connectivity index (χ1n) is 9.93. The van der Waals surface area contributed by atoms with Gasteiger partial charge in [0.05, 0.1) is 23.2 Å². The second kappa shape index (κ2) is 8.76. The summed E-state index contributed by atoms with van der Waals surface area (Å²) < 4.78 is 25.6. The third-order valence-corrected chi connectivity index (χ3v) is 7.51. The van der Waals surface area contributed by atoms with Crippen LogP contribution in [-0.2, 0) is 22.8 Å². The Morgan fingerprint density at radius 1 is 1.25 bits per heavy atom. The van der Waals surface area contributed by atoms with Crippen LogP contribution in [0.1, 0.15) is 35.0 Å². The first-order chi connectivity index (χ1) is 13.3. The van der Waals surface area contributed by atoms with Gasteiger partial charge in [-0.15, -0.1) is 0 Å². The van der Waals surface area contributed by atoms with Gasteiger partial charge in [0.1, 0.15) is 0 Å². The highest BCUT2D eigenvalue weighted by atomic mass is 32.2. The molecule has 1 N–H and O–H groups in total. The van der Waals surface area contributed by atoms with Gasteiger partial charge in [0.25, 0.3) is 0 Å². The Morgan fingerprint density at radius 2 is 1.96 bits per heavy atom. The number of aryl methyl sites for hydroxylation is 1. The number of rotatable bonds is 8. The SMILES string of the molecule is Cc1nn([C@@H]2CCS(=O)(=O)C2)c(C)c1CNC[C@@H](Cc1ccccc1)N(C)C. The summed E-state index contributed by atoms with van der Waals surface area (Å²) >= 11 is 0. The minimum atomic E-state index is -2.91. The molecule has 1 aromatic carbocycles. The van der Waals surface area contributed by atoms with Gasteiger partial charge in [0, 0.05) is 30.4 Å². The summed E-state index contributed by atoms with van der Waals surface area (Å²) in [7, 11) is 1.32. The summed E-state index contributed by atoms with van der Waals surface area (Å²) in [6, 6.07) is 10.9. The monoisotopic (exact) mass is 404 g/mol. The zero-order chi connectivity index (χ0) is 20.3. The topological polar surface area (TPSA) is 67.2 Å². The van der Waals surface area contributed by atoms with Crippen LogP contribution >= 0.6 is 0 Å². The quantitative estimate of drug-likeness (QED) is 0.730. The van der Waals surface area contributed by atoms with E-state index in [4.69, 9.17) is 0 Å². The Morgan fingerprint density at radius 3 is 2.57 bits per heavy atom. The van der Waals surface area contributed by atoms with Gasteiger partial charge in [-0.25, -0.2) is 8.42 Å². The molecule has 1 aliphatic heterocycles. The summed E-state index contributed by atoms with van der Waals surface area (Å²) in [5.74, 6) is 0.481. The van der Waals surface area contributed by atoms with E-state index in [1.807, 2.05) is 17.7 Å². The molecule has 6 nitrogen and oxygen atoms in total. The molecule has 1 aromatic heterocycles. The number of hydrogen-bond donors (Lipinski definition) is 1. The molecule has 1 saturated heterocycles. The fourth-order valence-corrected chi connectivity index (χ4v) is 5.66. The van der Waals surface area contributed by atoms with Crippen LogP contribution in [0.25, 0.3) is 0 Å². The van der Waals surface area contributed by atoms with Gasteiger partial charge in [0.15, 0.2) is 9.84 Å². The molecule has 1 fully saturated rings. The first kappa shape index (κ1) is 21.0. The van der Waals surface area contributed by atoms with E-state index in [0.717, 1.165) is 30.9 Å². The van der Waals surface area contributed by atoms with Gasteiger partial charge < -0.3 is 10.2 Å². The van der Waals surface area contributed by atoms with Crippen LogP contribution in [0.2, 0.25) is 0 Å². The van der Waals surface area contributed by atoms with Crippen LogP contribution in [0.15, 0.2) is 30.3 Å². The molecule has 2 atom stereocenters. The van der Waals surface area contributed by atoms with Crippen molar-refractivity contribution in [1.82, 2.24) is 20.0 Å². The summed E-state index contributed by atoms with van der Waals surface area (Å²) in [6.07, 6.45) is 1.66. The van der Waals surface area contributed by atoms with E-state index in [2.05, 4.69) is 60.6 Å². The van der Waals surface area contributed by atoms with Crippen molar-refractivity contribution in [3.05, 3.63) is 52.8 Å². The van der Waals surface area contributed by atoms with E-state index < -0.39 is 9.84 Å². The second-order valence-corrected chi connectivity index (χ2v) is 10.3. The highest BCUT2D eigenvalue weighted by Crippen LogP contribution is 2.26. The van der Waals surface area contributed by atoms with Crippen LogP contribution in [0.5, 0.6) is 0 Å². The van der Waals surface area contributed by atoms with Crippen molar-refractivity contribution in [2.75, 3.05) is 32.1 Å².